The van der Waals surface area contributed by atoms with Crippen molar-refractivity contribution >= 4 is 18.0 Å². The average Bonchev–Trinajstić information content (AvgIpc) is 3.28. The molecule has 42 heavy (non-hydrogen) atoms. The lowest BCUT2D eigenvalue weighted by Gasteiger charge is -2.55. The summed E-state index contributed by atoms with van der Waals surface area (Å²) in [4.78, 5) is 39.4. The number of carbonyl (C=O) groups is 3. The van der Waals surface area contributed by atoms with Gasteiger partial charge < -0.3 is 35.6 Å². The van der Waals surface area contributed by atoms with E-state index in [1.165, 1.54) is 12.1 Å². The molecule has 0 saturated heterocycles. The maximum atomic E-state index is 13.6. The van der Waals surface area contributed by atoms with E-state index >= 15 is 0 Å². The van der Waals surface area contributed by atoms with Crippen molar-refractivity contribution in [2.45, 2.75) is 96.5 Å². The first-order chi connectivity index (χ1) is 19.7. The zero-order valence-electron chi connectivity index (χ0n) is 25.7. The van der Waals surface area contributed by atoms with Gasteiger partial charge in [-0.3, -0.25) is 4.79 Å². The molecule has 11 heteroatoms. The highest BCUT2D eigenvalue weighted by molar-refractivity contribution is 5.79. The van der Waals surface area contributed by atoms with E-state index in [0.29, 0.717) is 51.2 Å². The molecule has 4 rings (SSSR count). The van der Waals surface area contributed by atoms with Gasteiger partial charge in [-0.15, -0.1) is 0 Å². The van der Waals surface area contributed by atoms with E-state index in [1.54, 1.807) is 31.7 Å². The van der Waals surface area contributed by atoms with E-state index < -0.39 is 17.2 Å². The van der Waals surface area contributed by atoms with Crippen LogP contribution in [0.2, 0.25) is 0 Å². The number of rotatable bonds is 10. The lowest BCUT2D eigenvalue weighted by atomic mass is 9.58. The van der Waals surface area contributed by atoms with Crippen molar-refractivity contribution in [3.05, 3.63) is 35.1 Å². The minimum Gasteiger partial charge on any atom is -0.444 e. The second kappa shape index (κ2) is 13.2. The van der Waals surface area contributed by atoms with E-state index in [4.69, 9.17) is 9.47 Å². The fraction of sp³-hybridized carbons (Fsp3) is 0.710. The number of carbonyl (C=O) groups excluding carboxylic acids is 3. The van der Waals surface area contributed by atoms with E-state index in [1.807, 2.05) is 0 Å². The average molecular weight is 590 g/mol. The standard InChI is InChI=1S/C31H48FN5O5/c1-21-12-22-15-30(5,36-27(39)33-8-10-41-11-9-34-28(40)42-29(2,3)4)20-31(14-21,16-22)35-17-26(38)37-18-23-6-7-25(32)13-24(23)19-37/h6-7,13,21-22,35H,8-12,14-20H2,1-5H3,(H,34,40)(H2,33,36,39). The van der Waals surface area contributed by atoms with Crippen molar-refractivity contribution in [2.24, 2.45) is 11.8 Å². The number of alkyl carbamates (subject to hydrolysis) is 1. The highest BCUT2D eigenvalue weighted by Gasteiger charge is 2.50. The molecule has 1 aromatic rings. The maximum absolute atomic E-state index is 13.6. The summed E-state index contributed by atoms with van der Waals surface area (Å²) >= 11 is 0. The second-order valence-corrected chi connectivity index (χ2v) is 13.8. The number of urea groups is 1. The molecule has 2 bridgehead atoms. The fourth-order valence-corrected chi connectivity index (χ4v) is 7.21. The van der Waals surface area contributed by atoms with Crippen molar-refractivity contribution in [3.63, 3.8) is 0 Å². The highest BCUT2D eigenvalue weighted by atomic mass is 19.1. The first-order valence-corrected chi connectivity index (χ1v) is 15.1. The molecule has 10 nitrogen and oxygen atoms in total. The smallest absolute Gasteiger partial charge is 0.407 e. The number of ether oxygens (including phenoxy) is 2. The van der Waals surface area contributed by atoms with Crippen LogP contribution in [0.1, 0.15) is 77.8 Å². The maximum Gasteiger partial charge on any atom is 0.407 e. The third kappa shape index (κ3) is 9.04. The lowest BCUT2D eigenvalue weighted by Crippen LogP contribution is -2.65. The minimum atomic E-state index is -0.551. The first kappa shape index (κ1) is 32.0. The molecule has 4 atom stereocenters. The topological polar surface area (TPSA) is 121 Å². The number of nitrogens with zero attached hydrogens (tertiary/aromatic N) is 1. The minimum absolute atomic E-state index is 0.00929. The molecular formula is C31H48FN5O5. The van der Waals surface area contributed by atoms with Crippen LogP contribution in [-0.4, -0.2) is 72.5 Å². The molecule has 2 aliphatic carbocycles. The van der Waals surface area contributed by atoms with Crippen LogP contribution >= 0.6 is 0 Å². The Morgan fingerprint density at radius 1 is 1.05 bits per heavy atom. The van der Waals surface area contributed by atoms with Gasteiger partial charge in [0.05, 0.1) is 19.8 Å². The summed E-state index contributed by atoms with van der Waals surface area (Å²) in [6.45, 7) is 12.2. The van der Waals surface area contributed by atoms with Gasteiger partial charge in [-0.1, -0.05) is 13.0 Å². The van der Waals surface area contributed by atoms with Crippen molar-refractivity contribution in [1.82, 2.24) is 26.2 Å². The predicted octanol–water partition coefficient (Wildman–Crippen LogP) is 3.83. The molecule has 1 aliphatic heterocycles. The molecule has 1 aromatic carbocycles. The molecule has 3 aliphatic rings. The number of halogens is 1. The fourth-order valence-electron chi connectivity index (χ4n) is 7.21. The normalized spacial score (nSPS) is 26.8. The highest BCUT2D eigenvalue weighted by Crippen LogP contribution is 2.48. The van der Waals surface area contributed by atoms with Crippen LogP contribution in [0.4, 0.5) is 14.0 Å². The van der Waals surface area contributed by atoms with Crippen LogP contribution in [0, 0.1) is 17.7 Å². The van der Waals surface area contributed by atoms with E-state index in [-0.39, 0.29) is 29.8 Å². The number of hydrogen-bond donors (Lipinski definition) is 4. The molecule has 234 valence electrons. The Balaban J connectivity index is 1.21. The summed E-state index contributed by atoms with van der Waals surface area (Å²) in [7, 11) is 0. The van der Waals surface area contributed by atoms with Crippen LogP contribution in [0.3, 0.4) is 0 Å². The number of hydrogen-bond acceptors (Lipinski definition) is 6. The summed E-state index contributed by atoms with van der Waals surface area (Å²) in [5.74, 6) is 0.719. The Kier molecular flexibility index (Phi) is 10.0. The van der Waals surface area contributed by atoms with Crippen molar-refractivity contribution in [3.8, 4) is 0 Å². The van der Waals surface area contributed by atoms with Gasteiger partial charge in [0.25, 0.3) is 0 Å². The zero-order valence-corrected chi connectivity index (χ0v) is 25.7. The third-order valence-corrected chi connectivity index (χ3v) is 8.34. The first-order valence-electron chi connectivity index (χ1n) is 15.1. The summed E-state index contributed by atoms with van der Waals surface area (Å²) < 4.78 is 24.3. The van der Waals surface area contributed by atoms with Crippen LogP contribution in [-0.2, 0) is 27.4 Å². The predicted molar refractivity (Wildman–Crippen MR) is 157 cm³/mol. The van der Waals surface area contributed by atoms with Gasteiger partial charge in [-0.25, -0.2) is 14.0 Å². The van der Waals surface area contributed by atoms with E-state index in [0.717, 1.165) is 43.2 Å². The van der Waals surface area contributed by atoms with Gasteiger partial charge in [0.2, 0.25) is 5.91 Å². The largest absolute Gasteiger partial charge is 0.444 e. The van der Waals surface area contributed by atoms with Crippen molar-refractivity contribution < 1.29 is 28.2 Å². The number of nitrogens with one attached hydrogen (secondary N) is 4. The second-order valence-electron chi connectivity index (χ2n) is 13.8. The van der Waals surface area contributed by atoms with Gasteiger partial charge >= 0.3 is 12.1 Å². The van der Waals surface area contributed by atoms with Crippen LogP contribution in [0.25, 0.3) is 0 Å². The Hall–Kier alpha value is -2.92. The molecule has 4 unspecified atom stereocenters. The van der Waals surface area contributed by atoms with Crippen LogP contribution < -0.4 is 21.3 Å². The van der Waals surface area contributed by atoms with E-state index in [9.17, 15) is 18.8 Å². The van der Waals surface area contributed by atoms with Crippen LogP contribution in [0.15, 0.2) is 18.2 Å². The molecule has 0 spiro atoms. The molecular weight excluding hydrogens is 541 g/mol. The molecule has 2 saturated carbocycles. The van der Waals surface area contributed by atoms with Gasteiger partial charge in [-0.2, -0.15) is 0 Å². The van der Waals surface area contributed by atoms with Crippen molar-refractivity contribution in [2.75, 3.05) is 32.8 Å². The van der Waals surface area contributed by atoms with E-state index in [2.05, 4.69) is 35.1 Å². The zero-order chi connectivity index (χ0) is 30.5. The van der Waals surface area contributed by atoms with Gasteiger partial charge in [0.1, 0.15) is 11.4 Å². The number of benzene rings is 1. The SMILES string of the molecule is CC1CC2CC(C)(NC(=O)NCCOCCNC(=O)OC(C)(C)C)CC(NCC(=O)N3Cc4ccc(F)cc4C3)(C1)C2. The molecule has 0 aromatic heterocycles. The Morgan fingerprint density at radius 3 is 2.50 bits per heavy atom. The summed E-state index contributed by atoms with van der Waals surface area (Å²) in [5.41, 5.74) is 0.670. The Labute approximate surface area is 248 Å². The molecule has 1 heterocycles. The molecule has 0 radical (unpaired) electrons. The number of fused-ring (bicyclic) bond motifs is 3. The van der Waals surface area contributed by atoms with Crippen LogP contribution in [0.5, 0.6) is 0 Å². The molecule has 2 fully saturated rings. The van der Waals surface area contributed by atoms with Crippen molar-refractivity contribution in [1.29, 1.82) is 0 Å². The summed E-state index contributed by atoms with van der Waals surface area (Å²) in [5, 5.41) is 12.4. The monoisotopic (exact) mass is 589 g/mol. The molecule has 4 amide bonds. The quantitative estimate of drug-likeness (QED) is 0.308. The summed E-state index contributed by atoms with van der Waals surface area (Å²) in [6.07, 6.45) is 4.18. The van der Waals surface area contributed by atoms with Gasteiger partial charge in [0, 0.05) is 37.3 Å². The van der Waals surface area contributed by atoms with Gasteiger partial charge in [0.15, 0.2) is 0 Å². The lowest BCUT2D eigenvalue weighted by molar-refractivity contribution is -0.131. The number of amides is 4. The Bertz CT molecular complexity index is 1140. The Morgan fingerprint density at radius 2 is 1.76 bits per heavy atom. The molecule has 4 N–H and O–H groups in total. The third-order valence-electron chi connectivity index (χ3n) is 8.34. The van der Waals surface area contributed by atoms with Gasteiger partial charge in [-0.05, 0) is 94.9 Å². The summed E-state index contributed by atoms with van der Waals surface area (Å²) in [6, 6.07) is 4.48.